The van der Waals surface area contributed by atoms with Crippen molar-refractivity contribution in [1.29, 1.82) is 10.5 Å². The second-order valence-electron chi connectivity index (χ2n) is 6.10. The van der Waals surface area contributed by atoms with E-state index in [-0.39, 0.29) is 0 Å². The fourth-order valence-corrected chi connectivity index (χ4v) is 3.63. The quantitative estimate of drug-likeness (QED) is 0.845. The van der Waals surface area contributed by atoms with E-state index in [9.17, 15) is 10.5 Å². The zero-order valence-corrected chi connectivity index (χ0v) is 13.3. The first-order valence-electron chi connectivity index (χ1n) is 8.04. The first kappa shape index (κ1) is 15.1. The Morgan fingerprint density at radius 1 is 1.09 bits per heavy atom. The molecule has 3 nitrogen and oxygen atoms in total. The lowest BCUT2D eigenvalue weighted by Crippen LogP contribution is -2.18. The summed E-state index contributed by atoms with van der Waals surface area (Å²) in [6, 6.07) is 14.4. The molecule has 2 aromatic rings. The maximum absolute atomic E-state index is 9.67. The van der Waals surface area contributed by atoms with Crippen molar-refractivity contribution < 1.29 is 0 Å². The van der Waals surface area contributed by atoms with Crippen LogP contribution >= 0.6 is 0 Å². The van der Waals surface area contributed by atoms with Gasteiger partial charge in [-0.25, -0.2) is 0 Å². The average molecular weight is 301 g/mol. The summed E-state index contributed by atoms with van der Waals surface area (Å²) in [7, 11) is 0. The van der Waals surface area contributed by atoms with Crippen molar-refractivity contribution in [3.05, 3.63) is 52.6 Å². The van der Waals surface area contributed by atoms with Crippen molar-refractivity contribution >= 4 is 5.69 Å². The highest BCUT2D eigenvalue weighted by atomic mass is 14.6. The van der Waals surface area contributed by atoms with Crippen molar-refractivity contribution in [2.24, 2.45) is 5.92 Å². The van der Waals surface area contributed by atoms with Crippen molar-refractivity contribution in [3.8, 4) is 23.3 Å². The molecule has 2 N–H and O–H groups in total. The predicted octanol–water partition coefficient (Wildman–Crippen LogP) is 4.19. The topological polar surface area (TPSA) is 73.6 Å². The summed E-state index contributed by atoms with van der Waals surface area (Å²) >= 11 is 0. The molecule has 114 valence electrons. The first-order valence-corrected chi connectivity index (χ1v) is 8.04. The van der Waals surface area contributed by atoms with Gasteiger partial charge in [0, 0.05) is 5.56 Å². The number of nitrogen functional groups attached to an aromatic ring is 1. The molecule has 0 fully saturated rings. The molecule has 1 atom stereocenters. The fraction of sp³-hybridized carbons (Fsp3) is 0.300. The minimum Gasteiger partial charge on any atom is -0.397 e. The molecule has 0 heterocycles. The fourth-order valence-electron chi connectivity index (χ4n) is 3.63. The highest BCUT2D eigenvalue weighted by Gasteiger charge is 2.28. The van der Waals surface area contributed by atoms with E-state index in [4.69, 9.17) is 5.73 Å². The number of fused-ring (bicyclic) bond motifs is 1. The Hall–Kier alpha value is -2.78. The Morgan fingerprint density at radius 2 is 1.78 bits per heavy atom. The first-order chi connectivity index (χ1) is 11.2. The molecule has 0 bridgehead atoms. The van der Waals surface area contributed by atoms with Crippen molar-refractivity contribution in [2.45, 2.75) is 32.6 Å². The van der Waals surface area contributed by atoms with Gasteiger partial charge in [-0.3, -0.25) is 0 Å². The molecule has 0 spiro atoms. The Kier molecular flexibility index (Phi) is 4.04. The van der Waals surface area contributed by atoms with Gasteiger partial charge < -0.3 is 5.73 Å². The van der Waals surface area contributed by atoms with Gasteiger partial charge >= 0.3 is 0 Å². The number of hydrogen-bond acceptors (Lipinski definition) is 3. The molecule has 1 aliphatic carbocycles. The highest BCUT2D eigenvalue weighted by Crippen LogP contribution is 2.41. The van der Waals surface area contributed by atoms with Crippen LogP contribution in [0.25, 0.3) is 11.1 Å². The Labute approximate surface area is 137 Å². The minimum atomic E-state index is 0.336. The third-order valence-electron chi connectivity index (χ3n) is 4.92. The number of nitriles is 2. The van der Waals surface area contributed by atoms with Crippen LogP contribution in [0.2, 0.25) is 0 Å². The van der Waals surface area contributed by atoms with Crippen LogP contribution in [0.4, 0.5) is 5.69 Å². The molecule has 0 aliphatic heterocycles. The molecule has 0 saturated heterocycles. The molecule has 3 rings (SSSR count). The Balaban J connectivity index is 2.36. The minimum absolute atomic E-state index is 0.336. The zero-order chi connectivity index (χ0) is 16.4. The molecule has 1 aliphatic rings. The number of rotatable bonds is 2. The maximum atomic E-state index is 9.67. The normalized spacial score (nSPS) is 16.2. The second-order valence-corrected chi connectivity index (χ2v) is 6.10. The smallest absolute Gasteiger partial charge is 0.102 e. The summed E-state index contributed by atoms with van der Waals surface area (Å²) in [4.78, 5) is 0. The molecule has 0 radical (unpaired) electrons. The molecular formula is C20H19N3. The van der Waals surface area contributed by atoms with Gasteiger partial charge in [0.05, 0.1) is 16.8 Å². The molecule has 0 amide bonds. The van der Waals surface area contributed by atoms with Crippen LogP contribution in [0, 0.1) is 28.6 Å². The van der Waals surface area contributed by atoms with Gasteiger partial charge in [-0.15, -0.1) is 0 Å². The maximum Gasteiger partial charge on any atom is 0.102 e. The molecule has 3 heteroatoms. The second kappa shape index (κ2) is 6.15. The summed E-state index contributed by atoms with van der Waals surface area (Å²) in [5.74, 6) is 0.603. The number of benzene rings is 2. The zero-order valence-electron chi connectivity index (χ0n) is 13.3. The van der Waals surface area contributed by atoms with E-state index in [1.54, 1.807) is 0 Å². The van der Waals surface area contributed by atoms with Gasteiger partial charge in [-0.1, -0.05) is 43.7 Å². The predicted molar refractivity (Wildman–Crippen MR) is 91.5 cm³/mol. The molecule has 0 saturated carbocycles. The molecule has 0 unspecified atom stereocenters. The van der Waals surface area contributed by atoms with Crippen molar-refractivity contribution in [3.63, 3.8) is 0 Å². The lowest BCUT2D eigenvalue weighted by molar-refractivity contribution is 0.445. The number of anilines is 1. The molecular weight excluding hydrogens is 282 g/mol. The van der Waals surface area contributed by atoms with Crippen LogP contribution in [-0.2, 0) is 12.8 Å². The van der Waals surface area contributed by atoms with E-state index in [1.165, 1.54) is 0 Å². The van der Waals surface area contributed by atoms with Crippen LogP contribution in [0.1, 0.15) is 42.0 Å². The summed E-state index contributed by atoms with van der Waals surface area (Å²) in [6.07, 6.45) is 3.98. The van der Waals surface area contributed by atoms with Crippen molar-refractivity contribution in [2.75, 3.05) is 5.73 Å². The van der Waals surface area contributed by atoms with Gasteiger partial charge in [-0.2, -0.15) is 10.5 Å². The van der Waals surface area contributed by atoms with E-state index in [0.29, 0.717) is 22.7 Å². The van der Waals surface area contributed by atoms with Crippen LogP contribution in [0.5, 0.6) is 0 Å². The van der Waals surface area contributed by atoms with E-state index in [0.717, 1.165) is 47.9 Å². The van der Waals surface area contributed by atoms with E-state index in [1.807, 2.05) is 30.3 Å². The van der Waals surface area contributed by atoms with Crippen LogP contribution < -0.4 is 5.73 Å². The Bertz CT molecular complexity index is 823. The summed E-state index contributed by atoms with van der Waals surface area (Å²) in [6.45, 7) is 2.20. The van der Waals surface area contributed by atoms with Gasteiger partial charge in [0.1, 0.15) is 12.1 Å². The van der Waals surface area contributed by atoms with Gasteiger partial charge in [-0.05, 0) is 41.9 Å². The average Bonchev–Trinajstić information content (AvgIpc) is 2.61. The van der Waals surface area contributed by atoms with E-state index >= 15 is 0 Å². The number of hydrogen-bond donors (Lipinski definition) is 1. The molecule has 2 aromatic carbocycles. The van der Waals surface area contributed by atoms with Gasteiger partial charge in [0.15, 0.2) is 0 Å². The van der Waals surface area contributed by atoms with E-state index < -0.39 is 0 Å². The third-order valence-corrected chi connectivity index (χ3v) is 4.92. The summed E-state index contributed by atoms with van der Waals surface area (Å²) in [5.41, 5.74) is 11.6. The SMILES string of the molecule is CC[C@@H]1CCc2c(C#N)c(N)c(C#N)c(-c3ccccc3)c2C1. The lowest BCUT2D eigenvalue weighted by Gasteiger charge is -2.28. The molecule has 23 heavy (non-hydrogen) atoms. The standard InChI is InChI=1S/C20H19N3/c1-2-13-8-9-15-16(10-13)19(14-6-4-3-5-7-14)18(12-22)20(23)17(15)11-21/h3-7,13H,2,8-10,23H2,1H3/t13-/m1/s1. The van der Waals surface area contributed by atoms with Gasteiger partial charge in [0.25, 0.3) is 0 Å². The van der Waals surface area contributed by atoms with Crippen LogP contribution in [-0.4, -0.2) is 0 Å². The van der Waals surface area contributed by atoms with Crippen LogP contribution in [0.15, 0.2) is 30.3 Å². The van der Waals surface area contributed by atoms with E-state index in [2.05, 4.69) is 19.1 Å². The molecule has 0 aromatic heterocycles. The lowest BCUT2D eigenvalue weighted by atomic mass is 9.75. The number of nitrogens with zero attached hydrogens (tertiary/aromatic N) is 2. The largest absolute Gasteiger partial charge is 0.397 e. The highest BCUT2D eigenvalue weighted by molar-refractivity contribution is 5.85. The summed E-state index contributed by atoms with van der Waals surface area (Å²) < 4.78 is 0. The third kappa shape index (κ3) is 2.45. The summed E-state index contributed by atoms with van der Waals surface area (Å²) in [5, 5.41) is 19.2. The number of nitrogens with two attached hydrogens (primary N) is 1. The van der Waals surface area contributed by atoms with Crippen molar-refractivity contribution in [1.82, 2.24) is 0 Å². The van der Waals surface area contributed by atoms with Gasteiger partial charge in [0.2, 0.25) is 0 Å². The monoisotopic (exact) mass is 301 g/mol. The van der Waals surface area contributed by atoms with Crippen LogP contribution in [0.3, 0.4) is 0 Å². The Morgan fingerprint density at radius 3 is 2.39 bits per heavy atom.